The molecule has 1 fully saturated rings. The monoisotopic (exact) mass is 356 g/mol. The minimum Gasteiger partial charge on any atom is -0.376 e. The smallest absolute Gasteiger partial charge is 0.239 e. The number of amides is 1. The van der Waals surface area contributed by atoms with Crippen LogP contribution in [0.2, 0.25) is 0 Å². The molecule has 3 rings (SSSR count). The van der Waals surface area contributed by atoms with Crippen LogP contribution >= 0.6 is 0 Å². The van der Waals surface area contributed by atoms with E-state index in [2.05, 4.69) is 39.6 Å². The molecule has 1 saturated heterocycles. The van der Waals surface area contributed by atoms with E-state index in [9.17, 15) is 9.18 Å². The summed E-state index contributed by atoms with van der Waals surface area (Å²) in [6.45, 7) is 4.55. The van der Waals surface area contributed by atoms with Crippen LogP contribution in [0.25, 0.3) is 0 Å². The van der Waals surface area contributed by atoms with Crippen molar-refractivity contribution in [3.8, 4) is 0 Å². The quantitative estimate of drug-likeness (QED) is 0.834. The van der Waals surface area contributed by atoms with Gasteiger partial charge in [0.2, 0.25) is 5.91 Å². The molecule has 0 unspecified atom stereocenters. The maximum Gasteiger partial charge on any atom is 0.239 e. The standard InChI is InChI=1S/C20H25FN4O/c1-24-10-12-25(13-11-24)18-8-6-17(7-9-18)22-15-20(26)23-14-16-4-2-3-5-19(16)21/h2-9,22H,10-15H2,1H3,(H,23,26). The van der Waals surface area contributed by atoms with E-state index in [0.29, 0.717) is 5.56 Å². The van der Waals surface area contributed by atoms with Crippen LogP contribution in [-0.4, -0.2) is 50.6 Å². The van der Waals surface area contributed by atoms with Gasteiger partial charge in [-0.05, 0) is 37.4 Å². The molecule has 0 spiro atoms. The van der Waals surface area contributed by atoms with Gasteiger partial charge in [0.25, 0.3) is 0 Å². The van der Waals surface area contributed by atoms with Gasteiger partial charge in [-0.3, -0.25) is 4.79 Å². The van der Waals surface area contributed by atoms with E-state index >= 15 is 0 Å². The highest BCUT2D eigenvalue weighted by atomic mass is 19.1. The number of nitrogens with zero attached hydrogens (tertiary/aromatic N) is 2. The lowest BCUT2D eigenvalue weighted by Gasteiger charge is -2.34. The molecule has 0 radical (unpaired) electrons. The van der Waals surface area contributed by atoms with Crippen molar-refractivity contribution in [1.82, 2.24) is 10.2 Å². The van der Waals surface area contributed by atoms with Crippen LogP contribution in [0.15, 0.2) is 48.5 Å². The van der Waals surface area contributed by atoms with Crippen molar-refractivity contribution in [3.05, 3.63) is 59.9 Å². The Morgan fingerprint density at radius 3 is 2.42 bits per heavy atom. The fraction of sp³-hybridized carbons (Fsp3) is 0.350. The average molecular weight is 356 g/mol. The second-order valence-electron chi connectivity index (χ2n) is 6.56. The van der Waals surface area contributed by atoms with Crippen LogP contribution < -0.4 is 15.5 Å². The summed E-state index contributed by atoms with van der Waals surface area (Å²) in [5, 5.41) is 5.82. The highest BCUT2D eigenvalue weighted by Crippen LogP contribution is 2.19. The number of rotatable bonds is 6. The molecule has 2 aromatic carbocycles. The molecule has 6 heteroatoms. The lowest BCUT2D eigenvalue weighted by molar-refractivity contribution is -0.119. The zero-order chi connectivity index (χ0) is 18.4. The Hall–Kier alpha value is -2.60. The zero-order valence-corrected chi connectivity index (χ0v) is 15.0. The molecule has 2 aromatic rings. The van der Waals surface area contributed by atoms with Crippen molar-refractivity contribution >= 4 is 17.3 Å². The molecule has 0 saturated carbocycles. The van der Waals surface area contributed by atoms with E-state index in [1.54, 1.807) is 18.2 Å². The molecule has 1 heterocycles. The number of anilines is 2. The molecule has 1 aliphatic heterocycles. The molecule has 0 aromatic heterocycles. The molecule has 5 nitrogen and oxygen atoms in total. The Balaban J connectivity index is 1.44. The van der Waals surface area contributed by atoms with Gasteiger partial charge in [0.1, 0.15) is 5.82 Å². The fourth-order valence-electron chi connectivity index (χ4n) is 2.94. The lowest BCUT2D eigenvalue weighted by atomic mass is 10.2. The summed E-state index contributed by atoms with van der Waals surface area (Å²) in [5.74, 6) is -0.475. The highest BCUT2D eigenvalue weighted by Gasteiger charge is 2.14. The van der Waals surface area contributed by atoms with Crippen LogP contribution in [0.5, 0.6) is 0 Å². The van der Waals surface area contributed by atoms with Crippen molar-refractivity contribution < 1.29 is 9.18 Å². The summed E-state index contributed by atoms with van der Waals surface area (Å²) >= 11 is 0. The van der Waals surface area contributed by atoms with Crippen LogP contribution in [0.4, 0.5) is 15.8 Å². The number of hydrogen-bond acceptors (Lipinski definition) is 4. The summed E-state index contributed by atoms with van der Waals surface area (Å²) in [5.41, 5.74) is 2.58. The zero-order valence-electron chi connectivity index (χ0n) is 15.0. The fourth-order valence-corrected chi connectivity index (χ4v) is 2.94. The molecule has 0 bridgehead atoms. The normalized spacial score (nSPS) is 14.9. The predicted octanol–water partition coefficient (Wildman–Crippen LogP) is 2.31. The molecule has 26 heavy (non-hydrogen) atoms. The minimum absolute atomic E-state index is 0.155. The van der Waals surface area contributed by atoms with Crippen molar-refractivity contribution in [2.24, 2.45) is 0 Å². The van der Waals surface area contributed by atoms with Gasteiger partial charge in [-0.25, -0.2) is 4.39 Å². The molecule has 2 N–H and O–H groups in total. The number of carbonyl (C=O) groups is 1. The van der Waals surface area contributed by atoms with Gasteiger partial charge in [-0.15, -0.1) is 0 Å². The summed E-state index contributed by atoms with van der Waals surface area (Å²) < 4.78 is 13.5. The van der Waals surface area contributed by atoms with Gasteiger partial charge in [0.15, 0.2) is 0 Å². The van der Waals surface area contributed by atoms with E-state index in [0.717, 1.165) is 31.9 Å². The first kappa shape index (κ1) is 18.2. The van der Waals surface area contributed by atoms with Gasteiger partial charge >= 0.3 is 0 Å². The Kier molecular flexibility index (Phi) is 6.07. The number of benzene rings is 2. The summed E-state index contributed by atoms with van der Waals surface area (Å²) in [7, 11) is 2.14. The van der Waals surface area contributed by atoms with E-state index in [-0.39, 0.29) is 24.8 Å². The Morgan fingerprint density at radius 2 is 1.73 bits per heavy atom. The minimum atomic E-state index is -0.305. The first-order chi connectivity index (χ1) is 12.6. The number of halogens is 1. The third-order valence-corrected chi connectivity index (χ3v) is 4.62. The summed E-state index contributed by atoms with van der Waals surface area (Å²) in [6.07, 6.45) is 0. The first-order valence-electron chi connectivity index (χ1n) is 8.89. The SMILES string of the molecule is CN1CCN(c2ccc(NCC(=O)NCc3ccccc3F)cc2)CC1. The first-order valence-corrected chi connectivity index (χ1v) is 8.89. The van der Waals surface area contributed by atoms with E-state index in [1.807, 2.05) is 12.1 Å². The van der Waals surface area contributed by atoms with Gasteiger partial charge in [0, 0.05) is 49.7 Å². The number of hydrogen-bond donors (Lipinski definition) is 2. The predicted molar refractivity (Wildman–Crippen MR) is 103 cm³/mol. The van der Waals surface area contributed by atoms with Crippen LogP contribution in [-0.2, 0) is 11.3 Å². The highest BCUT2D eigenvalue weighted by molar-refractivity contribution is 5.80. The van der Waals surface area contributed by atoms with E-state index < -0.39 is 0 Å². The average Bonchev–Trinajstić information content (AvgIpc) is 2.67. The molecule has 138 valence electrons. The topological polar surface area (TPSA) is 47.6 Å². The van der Waals surface area contributed by atoms with E-state index in [1.165, 1.54) is 11.8 Å². The molecule has 1 amide bonds. The van der Waals surface area contributed by atoms with Gasteiger partial charge in [-0.2, -0.15) is 0 Å². The second-order valence-corrected chi connectivity index (χ2v) is 6.56. The Morgan fingerprint density at radius 1 is 1.04 bits per heavy atom. The van der Waals surface area contributed by atoms with E-state index in [4.69, 9.17) is 0 Å². The maximum absolute atomic E-state index is 13.5. The molecular formula is C20H25FN4O. The van der Waals surface area contributed by atoms with Crippen LogP contribution in [0.1, 0.15) is 5.56 Å². The molecule has 1 aliphatic rings. The van der Waals surface area contributed by atoms with Crippen LogP contribution in [0.3, 0.4) is 0 Å². The Bertz CT molecular complexity index is 727. The lowest BCUT2D eigenvalue weighted by Crippen LogP contribution is -2.44. The molecule has 0 atom stereocenters. The second kappa shape index (κ2) is 8.67. The maximum atomic E-state index is 13.5. The summed E-state index contributed by atoms with van der Waals surface area (Å²) in [4.78, 5) is 16.6. The number of carbonyl (C=O) groups excluding carboxylic acids is 1. The van der Waals surface area contributed by atoms with Gasteiger partial charge in [0.05, 0.1) is 6.54 Å². The van der Waals surface area contributed by atoms with Crippen molar-refractivity contribution in [2.75, 3.05) is 50.0 Å². The molecular weight excluding hydrogens is 331 g/mol. The third-order valence-electron chi connectivity index (χ3n) is 4.62. The van der Waals surface area contributed by atoms with Crippen LogP contribution in [0, 0.1) is 5.82 Å². The number of piperazine rings is 1. The number of likely N-dealkylation sites (N-methyl/N-ethyl adjacent to an activating group) is 1. The number of nitrogens with one attached hydrogen (secondary N) is 2. The van der Waals surface area contributed by atoms with Crippen molar-refractivity contribution in [3.63, 3.8) is 0 Å². The van der Waals surface area contributed by atoms with Gasteiger partial charge < -0.3 is 20.4 Å². The third kappa shape index (κ3) is 4.95. The Labute approximate surface area is 153 Å². The summed E-state index contributed by atoms with van der Waals surface area (Å²) in [6, 6.07) is 14.6. The van der Waals surface area contributed by atoms with Crippen molar-refractivity contribution in [2.45, 2.75) is 6.54 Å². The largest absolute Gasteiger partial charge is 0.376 e. The molecule has 0 aliphatic carbocycles. The van der Waals surface area contributed by atoms with Crippen molar-refractivity contribution in [1.29, 1.82) is 0 Å². The van der Waals surface area contributed by atoms with Gasteiger partial charge in [-0.1, -0.05) is 18.2 Å².